The fourth-order valence-electron chi connectivity index (χ4n) is 1.27. The van der Waals surface area contributed by atoms with Gasteiger partial charge in [-0.2, -0.15) is 0 Å². The van der Waals surface area contributed by atoms with Crippen molar-refractivity contribution in [3.63, 3.8) is 0 Å². The van der Waals surface area contributed by atoms with Gasteiger partial charge in [-0.15, -0.1) is 0 Å². The van der Waals surface area contributed by atoms with E-state index in [0.717, 1.165) is 0 Å². The predicted molar refractivity (Wildman–Crippen MR) is 66.1 cm³/mol. The first-order valence-electron chi connectivity index (χ1n) is 5.34. The number of aliphatic hydroxyl groups is 1. The number of halogens is 1. The minimum absolute atomic E-state index is 0.0730. The van der Waals surface area contributed by atoms with Crippen LogP contribution in [0.25, 0.3) is 0 Å². The number of hydrogen-bond donors (Lipinski definition) is 2. The Hall–Kier alpha value is -1.26. The molecular weight excluding hydrogens is 242 g/mol. The van der Waals surface area contributed by atoms with Crippen molar-refractivity contribution in [1.82, 2.24) is 5.32 Å². The van der Waals surface area contributed by atoms with Gasteiger partial charge in [-0.1, -0.05) is 17.7 Å². The van der Waals surface area contributed by atoms with Gasteiger partial charge in [0.05, 0.1) is 11.6 Å². The van der Waals surface area contributed by atoms with Gasteiger partial charge >= 0.3 is 0 Å². The molecule has 0 aliphatic heterocycles. The number of nitrogens with one attached hydrogen (secondary N) is 1. The number of carbonyl (C=O) groups excluding carboxylic acids is 1. The highest BCUT2D eigenvalue weighted by molar-refractivity contribution is 6.32. The van der Waals surface area contributed by atoms with Gasteiger partial charge in [-0.3, -0.25) is 4.79 Å². The first-order chi connectivity index (χ1) is 8.02. The quantitative estimate of drug-likeness (QED) is 0.845. The molecule has 0 saturated carbocycles. The van der Waals surface area contributed by atoms with Crippen molar-refractivity contribution >= 4 is 17.5 Å². The summed E-state index contributed by atoms with van der Waals surface area (Å²) in [4.78, 5) is 11.3. The summed E-state index contributed by atoms with van der Waals surface area (Å²) in [6.07, 6.45) is 0. The number of aliphatic hydroxyl groups excluding tert-OH is 1. The van der Waals surface area contributed by atoms with Crippen LogP contribution in [0.15, 0.2) is 18.2 Å². The average molecular weight is 258 g/mol. The molecule has 0 radical (unpaired) electrons. The third-order valence-corrected chi connectivity index (χ3v) is 2.28. The molecular formula is C12H16ClNO3. The number of benzene rings is 1. The standard InChI is InChI=1S/C12H16ClNO3/c1-8(2)14-12(16)7-17-11-4-3-9(6-15)5-10(11)13/h3-5,8,15H,6-7H2,1-2H3,(H,14,16). The van der Waals surface area contributed by atoms with E-state index in [2.05, 4.69) is 5.32 Å². The zero-order chi connectivity index (χ0) is 12.8. The lowest BCUT2D eigenvalue weighted by atomic mass is 10.2. The van der Waals surface area contributed by atoms with Crippen LogP contribution in [-0.4, -0.2) is 23.7 Å². The molecule has 2 N–H and O–H groups in total. The van der Waals surface area contributed by atoms with Crippen LogP contribution in [0, 0.1) is 0 Å². The van der Waals surface area contributed by atoms with Crippen molar-refractivity contribution in [2.45, 2.75) is 26.5 Å². The summed E-state index contributed by atoms with van der Waals surface area (Å²) >= 11 is 5.93. The Morgan fingerprint density at radius 1 is 1.53 bits per heavy atom. The second kappa shape index (κ2) is 6.47. The Morgan fingerprint density at radius 2 is 2.24 bits per heavy atom. The Labute approximate surface area is 106 Å². The largest absolute Gasteiger partial charge is 0.482 e. The number of carbonyl (C=O) groups is 1. The topological polar surface area (TPSA) is 58.6 Å². The van der Waals surface area contributed by atoms with Gasteiger partial charge in [0.15, 0.2) is 6.61 Å². The fraction of sp³-hybridized carbons (Fsp3) is 0.417. The SMILES string of the molecule is CC(C)NC(=O)COc1ccc(CO)cc1Cl. The van der Waals surface area contributed by atoms with Gasteiger partial charge < -0.3 is 15.2 Å². The van der Waals surface area contributed by atoms with E-state index in [9.17, 15) is 4.79 Å². The second-order valence-corrected chi connectivity index (χ2v) is 4.34. The summed E-state index contributed by atoms with van der Waals surface area (Å²) < 4.78 is 5.27. The van der Waals surface area contributed by atoms with Crippen LogP contribution in [0.4, 0.5) is 0 Å². The molecule has 1 aromatic rings. The minimum Gasteiger partial charge on any atom is -0.482 e. The zero-order valence-corrected chi connectivity index (χ0v) is 10.6. The third-order valence-electron chi connectivity index (χ3n) is 1.99. The maximum Gasteiger partial charge on any atom is 0.258 e. The van der Waals surface area contributed by atoms with E-state index in [1.165, 1.54) is 0 Å². The number of amides is 1. The lowest BCUT2D eigenvalue weighted by Gasteiger charge is -2.11. The average Bonchev–Trinajstić information content (AvgIpc) is 2.26. The van der Waals surface area contributed by atoms with Crippen molar-refractivity contribution in [3.05, 3.63) is 28.8 Å². The van der Waals surface area contributed by atoms with Crippen molar-refractivity contribution in [2.75, 3.05) is 6.61 Å². The predicted octanol–water partition coefficient (Wildman–Crippen LogP) is 1.74. The molecule has 1 amide bonds. The molecule has 0 saturated heterocycles. The van der Waals surface area contributed by atoms with Crippen molar-refractivity contribution in [2.24, 2.45) is 0 Å². The van der Waals surface area contributed by atoms with E-state index >= 15 is 0 Å². The molecule has 0 aliphatic carbocycles. The first kappa shape index (κ1) is 13.8. The second-order valence-electron chi connectivity index (χ2n) is 3.93. The van der Waals surface area contributed by atoms with Crippen LogP contribution in [0.3, 0.4) is 0 Å². The van der Waals surface area contributed by atoms with E-state index in [1.807, 2.05) is 13.8 Å². The van der Waals surface area contributed by atoms with Crippen LogP contribution < -0.4 is 10.1 Å². The number of rotatable bonds is 5. The summed E-state index contributed by atoms with van der Waals surface area (Å²) in [6, 6.07) is 5.02. The zero-order valence-electron chi connectivity index (χ0n) is 9.87. The molecule has 5 heteroatoms. The molecule has 94 valence electrons. The highest BCUT2D eigenvalue weighted by Crippen LogP contribution is 2.25. The van der Waals surface area contributed by atoms with E-state index in [0.29, 0.717) is 16.3 Å². The van der Waals surface area contributed by atoms with Gasteiger partial charge in [0.1, 0.15) is 5.75 Å². The highest BCUT2D eigenvalue weighted by Gasteiger charge is 2.07. The van der Waals surface area contributed by atoms with Crippen molar-refractivity contribution in [3.8, 4) is 5.75 Å². The Morgan fingerprint density at radius 3 is 2.76 bits per heavy atom. The summed E-state index contributed by atoms with van der Waals surface area (Å²) in [5.41, 5.74) is 0.703. The molecule has 4 nitrogen and oxygen atoms in total. The molecule has 0 aromatic heterocycles. The van der Waals surface area contributed by atoms with E-state index in [4.69, 9.17) is 21.4 Å². The summed E-state index contributed by atoms with van der Waals surface area (Å²) in [7, 11) is 0. The van der Waals surface area contributed by atoms with E-state index < -0.39 is 0 Å². The van der Waals surface area contributed by atoms with Gasteiger partial charge in [0, 0.05) is 6.04 Å². The smallest absolute Gasteiger partial charge is 0.258 e. The van der Waals surface area contributed by atoms with Gasteiger partial charge in [-0.25, -0.2) is 0 Å². The van der Waals surface area contributed by atoms with Gasteiger partial charge in [0.25, 0.3) is 5.91 Å². The normalized spacial score (nSPS) is 10.4. The molecule has 0 aliphatic rings. The number of ether oxygens (including phenoxy) is 1. The van der Waals surface area contributed by atoms with E-state index in [-0.39, 0.29) is 25.2 Å². The summed E-state index contributed by atoms with van der Waals surface area (Å²) in [6.45, 7) is 3.60. The van der Waals surface area contributed by atoms with Gasteiger partial charge in [0.2, 0.25) is 0 Å². The summed E-state index contributed by atoms with van der Waals surface area (Å²) in [5, 5.41) is 12.0. The number of hydrogen-bond acceptors (Lipinski definition) is 3. The molecule has 0 fully saturated rings. The fourth-order valence-corrected chi connectivity index (χ4v) is 1.52. The minimum atomic E-state index is -0.192. The summed E-state index contributed by atoms with van der Waals surface area (Å²) in [5.74, 6) is 0.241. The third kappa shape index (κ3) is 4.63. The van der Waals surface area contributed by atoms with Crippen molar-refractivity contribution < 1.29 is 14.6 Å². The molecule has 1 aromatic carbocycles. The van der Waals surface area contributed by atoms with Gasteiger partial charge in [-0.05, 0) is 31.5 Å². The maximum absolute atomic E-state index is 11.3. The Bertz CT molecular complexity index is 393. The Kier molecular flexibility index (Phi) is 5.25. The lowest BCUT2D eigenvalue weighted by molar-refractivity contribution is -0.123. The van der Waals surface area contributed by atoms with Crippen LogP contribution in [-0.2, 0) is 11.4 Å². The maximum atomic E-state index is 11.3. The molecule has 0 atom stereocenters. The Balaban J connectivity index is 2.55. The molecule has 0 bridgehead atoms. The molecule has 0 heterocycles. The van der Waals surface area contributed by atoms with Crippen LogP contribution in [0.5, 0.6) is 5.75 Å². The van der Waals surface area contributed by atoms with Crippen LogP contribution >= 0.6 is 11.6 Å². The highest BCUT2D eigenvalue weighted by atomic mass is 35.5. The molecule has 0 unspecified atom stereocenters. The first-order valence-corrected chi connectivity index (χ1v) is 5.72. The molecule has 1 rings (SSSR count). The lowest BCUT2D eigenvalue weighted by Crippen LogP contribution is -2.34. The molecule has 0 spiro atoms. The van der Waals surface area contributed by atoms with Crippen molar-refractivity contribution in [1.29, 1.82) is 0 Å². The molecule has 17 heavy (non-hydrogen) atoms. The van der Waals surface area contributed by atoms with Crippen LogP contribution in [0.2, 0.25) is 5.02 Å². The monoisotopic (exact) mass is 257 g/mol. The van der Waals surface area contributed by atoms with E-state index in [1.54, 1.807) is 18.2 Å². The van der Waals surface area contributed by atoms with Crippen LogP contribution in [0.1, 0.15) is 19.4 Å².